The van der Waals surface area contributed by atoms with Gasteiger partial charge in [0.15, 0.2) is 5.03 Å². The van der Waals surface area contributed by atoms with E-state index in [4.69, 9.17) is 4.98 Å². The van der Waals surface area contributed by atoms with Gasteiger partial charge in [-0.15, -0.1) is 0 Å². The number of nitrogens with zero attached hydrogens (tertiary/aromatic N) is 3. The standard InChI is InChI=1S/C34H45N5O3S/c1-32(2,3)24-12-9-11-23(19-24)26-17-15-22-20-34(7,8)39(21-22)30-25(16-18-27(36-30)33(4,5)6)31(40)38-43(41,42)29-14-10-13-28(35-26)37-29/h9-14,16,18-19,22,26H,15,17,20-21H2,1-8H3,(H,35,37)(H,38,40)/t22-,26?/m0/s1. The minimum Gasteiger partial charge on any atom is -0.363 e. The summed E-state index contributed by atoms with van der Waals surface area (Å²) >= 11 is 0. The SMILES string of the molecule is CC(C)(C)c1cccc(C2CC[C@@H]3CN(c4nc(C(C)(C)C)ccc4C(=O)NS(=O)(=O)c4cccc(n4)N2)C(C)(C)C3)c1. The number of anilines is 2. The van der Waals surface area contributed by atoms with Crippen LogP contribution < -0.4 is 14.9 Å². The van der Waals surface area contributed by atoms with E-state index in [1.165, 1.54) is 11.6 Å². The zero-order valence-corrected chi connectivity index (χ0v) is 27.5. The first-order valence-corrected chi connectivity index (χ1v) is 16.6. The van der Waals surface area contributed by atoms with Crippen molar-refractivity contribution in [2.24, 2.45) is 5.92 Å². The molecule has 2 aliphatic rings. The van der Waals surface area contributed by atoms with E-state index in [1.54, 1.807) is 18.2 Å². The second-order valence-corrected chi connectivity index (χ2v) is 16.4. The maximum atomic E-state index is 13.7. The minimum absolute atomic E-state index is 0.0114. The van der Waals surface area contributed by atoms with Gasteiger partial charge in [-0.05, 0) is 79.8 Å². The highest BCUT2D eigenvalue weighted by atomic mass is 32.2. The molecule has 9 heteroatoms. The van der Waals surface area contributed by atoms with Crippen LogP contribution in [0.4, 0.5) is 11.6 Å². The smallest absolute Gasteiger partial charge is 0.281 e. The van der Waals surface area contributed by atoms with E-state index in [9.17, 15) is 13.2 Å². The van der Waals surface area contributed by atoms with Crippen LogP contribution in [0.25, 0.3) is 0 Å². The van der Waals surface area contributed by atoms with E-state index in [0.29, 0.717) is 17.6 Å². The quantitative estimate of drug-likeness (QED) is 0.317. The van der Waals surface area contributed by atoms with E-state index >= 15 is 0 Å². The molecule has 4 heterocycles. The van der Waals surface area contributed by atoms with Gasteiger partial charge in [-0.3, -0.25) is 4.79 Å². The van der Waals surface area contributed by atoms with Gasteiger partial charge >= 0.3 is 0 Å². The summed E-state index contributed by atoms with van der Waals surface area (Å²) < 4.78 is 29.3. The Morgan fingerprint density at radius 2 is 1.63 bits per heavy atom. The summed E-state index contributed by atoms with van der Waals surface area (Å²) in [6.45, 7) is 17.9. The molecule has 1 aromatic carbocycles. The predicted molar refractivity (Wildman–Crippen MR) is 172 cm³/mol. The van der Waals surface area contributed by atoms with Crippen LogP contribution in [0.1, 0.15) is 108 Å². The number of nitrogens with one attached hydrogen (secondary N) is 2. The molecule has 230 valence electrons. The molecule has 0 radical (unpaired) electrons. The Hall–Kier alpha value is -3.46. The average molecular weight is 604 g/mol. The van der Waals surface area contributed by atoms with Crippen molar-refractivity contribution in [2.45, 2.75) is 102 Å². The van der Waals surface area contributed by atoms with Crippen LogP contribution >= 0.6 is 0 Å². The summed E-state index contributed by atoms with van der Waals surface area (Å²) in [5, 5.41) is 3.32. The third-order valence-corrected chi connectivity index (χ3v) is 9.90. The van der Waals surface area contributed by atoms with Gasteiger partial charge in [0.2, 0.25) is 0 Å². The lowest BCUT2D eigenvalue weighted by Crippen LogP contribution is -2.41. The summed E-state index contributed by atoms with van der Waals surface area (Å²) in [5.74, 6) is 0.613. The average Bonchev–Trinajstić information content (AvgIpc) is 3.23. The Labute approximate surface area is 256 Å². The van der Waals surface area contributed by atoms with Gasteiger partial charge in [0.1, 0.15) is 11.6 Å². The molecule has 3 aromatic rings. The van der Waals surface area contributed by atoms with Crippen molar-refractivity contribution in [2.75, 3.05) is 16.8 Å². The highest BCUT2D eigenvalue weighted by molar-refractivity contribution is 7.90. The van der Waals surface area contributed by atoms with Gasteiger partial charge in [0.05, 0.1) is 11.6 Å². The zero-order chi connectivity index (χ0) is 31.4. The lowest BCUT2D eigenvalue weighted by molar-refractivity contribution is 0.0981. The number of fused-ring (bicyclic) bond motifs is 6. The number of benzene rings is 1. The summed E-state index contributed by atoms with van der Waals surface area (Å²) in [4.78, 5) is 25.3. The van der Waals surface area contributed by atoms with E-state index in [2.05, 4.69) is 99.6 Å². The Morgan fingerprint density at radius 3 is 2.33 bits per heavy atom. The van der Waals surface area contributed by atoms with Crippen LogP contribution in [0.5, 0.6) is 0 Å². The largest absolute Gasteiger partial charge is 0.363 e. The summed E-state index contributed by atoms with van der Waals surface area (Å²) in [7, 11) is -4.26. The molecule has 1 fully saturated rings. The van der Waals surface area contributed by atoms with Crippen LogP contribution in [-0.2, 0) is 20.9 Å². The lowest BCUT2D eigenvalue weighted by atomic mass is 9.84. The fraction of sp³-hybridized carbons (Fsp3) is 0.500. The Balaban J connectivity index is 1.62. The van der Waals surface area contributed by atoms with Gasteiger partial charge in [-0.1, -0.05) is 71.9 Å². The molecule has 5 rings (SSSR count). The molecular weight excluding hydrogens is 558 g/mol. The molecule has 43 heavy (non-hydrogen) atoms. The lowest BCUT2D eigenvalue weighted by Gasteiger charge is -2.34. The molecule has 1 amide bonds. The molecule has 2 N–H and O–H groups in total. The van der Waals surface area contributed by atoms with Gasteiger partial charge in [-0.2, -0.15) is 8.42 Å². The highest BCUT2D eigenvalue weighted by Crippen LogP contribution is 2.41. The van der Waals surface area contributed by atoms with Gasteiger partial charge in [-0.25, -0.2) is 14.7 Å². The van der Waals surface area contributed by atoms with Crippen molar-refractivity contribution in [3.05, 3.63) is 77.0 Å². The number of hydrogen-bond acceptors (Lipinski definition) is 7. The molecule has 2 aromatic heterocycles. The number of carbonyl (C=O) groups is 1. The molecule has 4 bridgehead atoms. The van der Waals surface area contributed by atoms with Crippen LogP contribution in [0.3, 0.4) is 0 Å². The molecular formula is C34H45N5O3S. The monoisotopic (exact) mass is 603 g/mol. The normalized spacial score (nSPS) is 22.0. The Morgan fingerprint density at radius 1 is 0.907 bits per heavy atom. The number of sulfonamides is 1. The van der Waals surface area contributed by atoms with Crippen molar-refractivity contribution < 1.29 is 13.2 Å². The summed E-state index contributed by atoms with van der Waals surface area (Å²) in [6.07, 6.45) is 2.70. The van der Waals surface area contributed by atoms with E-state index < -0.39 is 15.9 Å². The van der Waals surface area contributed by atoms with Gasteiger partial charge in [0, 0.05) is 23.2 Å². The number of hydrogen-bond donors (Lipinski definition) is 2. The molecule has 8 nitrogen and oxygen atoms in total. The van der Waals surface area contributed by atoms with Crippen molar-refractivity contribution in [1.82, 2.24) is 14.7 Å². The van der Waals surface area contributed by atoms with E-state index in [0.717, 1.165) is 37.1 Å². The van der Waals surface area contributed by atoms with Gasteiger partial charge in [0.25, 0.3) is 15.9 Å². The molecule has 0 spiro atoms. The second-order valence-electron chi connectivity index (χ2n) is 14.8. The fourth-order valence-corrected chi connectivity index (χ4v) is 7.14. The first kappa shape index (κ1) is 31.0. The van der Waals surface area contributed by atoms with Crippen molar-refractivity contribution in [3.63, 3.8) is 0 Å². The number of amides is 1. The summed E-state index contributed by atoms with van der Waals surface area (Å²) in [6, 6.07) is 16.9. The molecule has 0 saturated carbocycles. The third-order valence-electron chi connectivity index (χ3n) is 8.67. The number of carbonyl (C=O) groups excluding carboxylic acids is 1. The number of pyridine rings is 2. The topological polar surface area (TPSA) is 104 Å². The molecule has 2 atom stereocenters. The fourth-order valence-electron chi connectivity index (χ4n) is 6.20. The zero-order valence-electron chi connectivity index (χ0n) is 26.7. The molecule has 0 aliphatic carbocycles. The van der Waals surface area contributed by atoms with E-state index in [-0.39, 0.29) is 33.0 Å². The highest BCUT2D eigenvalue weighted by Gasteiger charge is 2.41. The third kappa shape index (κ3) is 6.56. The first-order valence-electron chi connectivity index (χ1n) is 15.1. The van der Waals surface area contributed by atoms with Crippen LogP contribution in [0, 0.1) is 5.92 Å². The molecule has 1 saturated heterocycles. The number of aromatic nitrogens is 2. The van der Waals surface area contributed by atoms with Crippen molar-refractivity contribution in [3.8, 4) is 0 Å². The minimum atomic E-state index is -4.26. The van der Waals surface area contributed by atoms with Gasteiger partial charge < -0.3 is 10.2 Å². The van der Waals surface area contributed by atoms with Crippen LogP contribution in [0.15, 0.2) is 59.6 Å². The Kier molecular flexibility index (Phi) is 7.86. The molecule has 2 aliphatic heterocycles. The molecule has 1 unspecified atom stereocenters. The maximum absolute atomic E-state index is 13.7. The maximum Gasteiger partial charge on any atom is 0.281 e. The Bertz CT molecular complexity index is 1640. The number of rotatable bonds is 1. The second kappa shape index (κ2) is 10.9. The first-order chi connectivity index (χ1) is 19.9. The van der Waals surface area contributed by atoms with Crippen molar-refractivity contribution in [1.29, 1.82) is 0 Å². The predicted octanol–water partition coefficient (Wildman–Crippen LogP) is 6.74. The van der Waals surface area contributed by atoms with Crippen molar-refractivity contribution >= 4 is 27.6 Å². The van der Waals surface area contributed by atoms with E-state index in [1.807, 2.05) is 6.07 Å². The summed E-state index contributed by atoms with van der Waals surface area (Å²) in [5.41, 5.74) is 2.92. The van der Waals surface area contributed by atoms with Crippen LogP contribution in [-0.4, -0.2) is 36.4 Å². The van der Waals surface area contributed by atoms with Crippen LogP contribution in [0.2, 0.25) is 0 Å².